The van der Waals surface area contributed by atoms with Crippen LogP contribution in [-0.4, -0.2) is 17.3 Å². The number of hydrogen-bond donors (Lipinski definition) is 0. The number of fused-ring (bicyclic) bond motifs is 3. The first-order valence-electron chi connectivity index (χ1n) is 12.7. The first-order chi connectivity index (χ1) is 17.1. The Morgan fingerprint density at radius 3 is 2.51 bits per heavy atom. The molecule has 2 aliphatic rings. The third kappa shape index (κ3) is 5.33. The molecule has 0 saturated heterocycles. The molecule has 2 heterocycles. The molecule has 0 fully saturated rings. The summed E-state index contributed by atoms with van der Waals surface area (Å²) in [5, 5.41) is 7.86. The average molecular weight is 489 g/mol. The predicted molar refractivity (Wildman–Crippen MR) is 142 cm³/mol. The van der Waals surface area contributed by atoms with Gasteiger partial charge in [-0.05, 0) is 61.4 Å². The molecule has 5 rings (SSSR count). The van der Waals surface area contributed by atoms with E-state index in [0.717, 1.165) is 53.3 Å². The predicted octanol–water partition coefficient (Wildman–Crippen LogP) is 8.24. The lowest BCUT2D eigenvalue weighted by atomic mass is 9.95. The highest BCUT2D eigenvalue weighted by molar-refractivity contribution is 6.30. The van der Waals surface area contributed by atoms with E-state index in [9.17, 15) is 0 Å². The second-order valence-corrected chi connectivity index (χ2v) is 9.93. The second kappa shape index (κ2) is 10.7. The van der Waals surface area contributed by atoms with Crippen molar-refractivity contribution in [3.8, 4) is 11.5 Å². The zero-order valence-corrected chi connectivity index (χ0v) is 21.3. The molecule has 0 N–H and O–H groups in total. The van der Waals surface area contributed by atoms with Crippen molar-refractivity contribution in [2.45, 2.75) is 64.6 Å². The Bertz CT molecular complexity index is 1170. The maximum atomic E-state index is 6.49. The zero-order valence-electron chi connectivity index (χ0n) is 20.5. The van der Waals surface area contributed by atoms with Crippen LogP contribution in [0.4, 0.5) is 0 Å². The van der Waals surface area contributed by atoms with Crippen molar-refractivity contribution in [3.05, 3.63) is 94.0 Å². The van der Waals surface area contributed by atoms with Crippen LogP contribution in [0.15, 0.2) is 71.8 Å². The van der Waals surface area contributed by atoms with Gasteiger partial charge >= 0.3 is 0 Å². The first-order valence-corrected chi connectivity index (χ1v) is 13.1. The zero-order chi connectivity index (χ0) is 24.2. The average Bonchev–Trinajstić information content (AvgIpc) is 3.32. The topological polar surface area (TPSA) is 34.1 Å². The lowest BCUT2D eigenvalue weighted by Crippen LogP contribution is -2.33. The van der Waals surface area contributed by atoms with E-state index < -0.39 is 0 Å². The number of hydrogen-bond acceptors (Lipinski definition) is 4. The van der Waals surface area contributed by atoms with E-state index in [2.05, 4.69) is 55.3 Å². The molecular weight excluding hydrogens is 456 g/mol. The van der Waals surface area contributed by atoms with Gasteiger partial charge in [0.2, 0.25) is 6.23 Å². The number of rotatable bonds is 9. The van der Waals surface area contributed by atoms with Crippen LogP contribution in [0, 0.1) is 6.92 Å². The van der Waals surface area contributed by atoms with Crippen molar-refractivity contribution >= 4 is 17.3 Å². The summed E-state index contributed by atoms with van der Waals surface area (Å²) < 4.78 is 12.5. The van der Waals surface area contributed by atoms with Gasteiger partial charge in [0, 0.05) is 22.6 Å². The van der Waals surface area contributed by atoms with Gasteiger partial charge in [-0.1, -0.05) is 74.0 Å². The van der Waals surface area contributed by atoms with Crippen LogP contribution in [0.1, 0.15) is 80.0 Å². The van der Waals surface area contributed by atoms with Gasteiger partial charge in [0.15, 0.2) is 0 Å². The smallest absolute Gasteiger partial charge is 0.213 e. The Kier molecular flexibility index (Phi) is 7.29. The van der Waals surface area contributed by atoms with Crippen LogP contribution in [0.3, 0.4) is 0 Å². The Morgan fingerprint density at radius 2 is 1.74 bits per heavy atom. The van der Waals surface area contributed by atoms with E-state index in [-0.39, 0.29) is 12.3 Å². The molecule has 0 unspecified atom stereocenters. The fraction of sp³-hybridized carbons (Fsp3) is 0.367. The third-order valence-electron chi connectivity index (χ3n) is 6.82. The summed E-state index contributed by atoms with van der Waals surface area (Å²) in [5.74, 6) is 1.77. The Labute approximate surface area is 213 Å². The van der Waals surface area contributed by atoms with Crippen LogP contribution in [0.5, 0.6) is 11.5 Å². The Balaban J connectivity index is 1.36. The maximum Gasteiger partial charge on any atom is 0.213 e. The minimum Gasteiger partial charge on any atom is -0.494 e. The van der Waals surface area contributed by atoms with Crippen LogP contribution in [0.25, 0.3) is 0 Å². The molecule has 0 bridgehead atoms. The molecule has 35 heavy (non-hydrogen) atoms. The fourth-order valence-electron chi connectivity index (χ4n) is 4.82. The van der Waals surface area contributed by atoms with Crippen molar-refractivity contribution in [2.75, 3.05) is 6.61 Å². The van der Waals surface area contributed by atoms with Gasteiger partial charge in [-0.25, -0.2) is 5.01 Å². The highest BCUT2D eigenvalue weighted by atomic mass is 35.5. The lowest BCUT2D eigenvalue weighted by molar-refractivity contribution is -0.0190. The Hall–Kier alpha value is -2.98. The van der Waals surface area contributed by atoms with Crippen molar-refractivity contribution < 1.29 is 9.47 Å². The van der Waals surface area contributed by atoms with E-state index >= 15 is 0 Å². The molecule has 0 saturated carbocycles. The van der Waals surface area contributed by atoms with Gasteiger partial charge in [-0.2, -0.15) is 5.10 Å². The molecule has 0 spiro atoms. The van der Waals surface area contributed by atoms with Gasteiger partial charge in [-0.3, -0.25) is 0 Å². The number of unbranched alkanes of at least 4 members (excludes halogenated alkanes) is 4. The SMILES string of the molecule is CCCCCCCOc1ccc([C@H]2Oc3ccc(Cl)cc3[C@@H]3CC(c4ccc(C)cc4)=NN23)cc1. The second-order valence-electron chi connectivity index (χ2n) is 9.50. The highest BCUT2D eigenvalue weighted by Crippen LogP contribution is 2.48. The van der Waals surface area contributed by atoms with Crippen molar-refractivity contribution in [1.29, 1.82) is 0 Å². The standard InChI is InChI=1S/C30H33ClN2O2/c1-3-4-5-6-7-18-34-25-15-12-23(13-16-25)30-33-28(26-19-24(31)14-17-29(26)35-30)20-27(32-33)22-10-8-21(2)9-11-22/h8-17,19,28,30H,3-7,18,20H2,1-2H3/t28-,30+/m0/s1. The monoisotopic (exact) mass is 488 g/mol. The fourth-order valence-corrected chi connectivity index (χ4v) is 5.00. The molecule has 3 aromatic rings. The van der Waals surface area contributed by atoms with Crippen molar-refractivity contribution in [1.82, 2.24) is 5.01 Å². The molecule has 2 aliphatic heterocycles. The molecule has 0 amide bonds. The maximum absolute atomic E-state index is 6.49. The molecule has 0 aliphatic carbocycles. The molecular formula is C30H33ClN2O2. The minimum absolute atomic E-state index is 0.0813. The van der Waals surface area contributed by atoms with E-state index in [1.807, 2.05) is 30.3 Å². The quantitative estimate of drug-likeness (QED) is 0.284. The number of hydrazone groups is 1. The molecule has 5 heteroatoms. The summed E-state index contributed by atoms with van der Waals surface area (Å²) in [4.78, 5) is 0. The number of nitrogens with zero attached hydrogens (tertiary/aromatic N) is 2. The molecule has 0 radical (unpaired) electrons. The van der Waals surface area contributed by atoms with Crippen LogP contribution >= 0.6 is 11.6 Å². The van der Waals surface area contributed by atoms with Crippen molar-refractivity contribution in [3.63, 3.8) is 0 Å². The van der Waals surface area contributed by atoms with E-state index in [4.69, 9.17) is 26.2 Å². The normalized spacial score (nSPS) is 18.5. The van der Waals surface area contributed by atoms with Gasteiger partial charge in [0.1, 0.15) is 11.5 Å². The lowest BCUT2D eigenvalue weighted by Gasteiger charge is -2.38. The minimum atomic E-state index is -0.306. The van der Waals surface area contributed by atoms with Gasteiger partial charge < -0.3 is 9.47 Å². The van der Waals surface area contributed by atoms with Crippen LogP contribution in [0.2, 0.25) is 5.02 Å². The number of halogens is 1. The summed E-state index contributed by atoms with van der Waals surface area (Å²) in [6.07, 6.45) is 6.68. The van der Waals surface area contributed by atoms with Crippen LogP contribution in [-0.2, 0) is 0 Å². The van der Waals surface area contributed by atoms with Gasteiger partial charge in [-0.15, -0.1) is 0 Å². The van der Waals surface area contributed by atoms with E-state index in [1.54, 1.807) is 0 Å². The van der Waals surface area contributed by atoms with E-state index in [1.165, 1.54) is 31.2 Å². The summed E-state index contributed by atoms with van der Waals surface area (Å²) in [6, 6.07) is 22.8. The van der Waals surface area contributed by atoms with Crippen molar-refractivity contribution in [2.24, 2.45) is 5.10 Å². The van der Waals surface area contributed by atoms with E-state index in [0.29, 0.717) is 5.02 Å². The molecule has 4 nitrogen and oxygen atoms in total. The molecule has 0 aromatic heterocycles. The third-order valence-corrected chi connectivity index (χ3v) is 7.05. The highest BCUT2D eigenvalue weighted by Gasteiger charge is 2.41. The van der Waals surface area contributed by atoms with Gasteiger partial charge in [0.05, 0.1) is 18.4 Å². The largest absolute Gasteiger partial charge is 0.494 e. The number of ether oxygens (including phenoxy) is 2. The number of aryl methyl sites for hydroxylation is 1. The van der Waals surface area contributed by atoms with Gasteiger partial charge in [0.25, 0.3) is 0 Å². The first kappa shape index (κ1) is 23.7. The summed E-state index contributed by atoms with van der Waals surface area (Å²) in [5.41, 5.74) is 5.60. The molecule has 2 atom stereocenters. The molecule has 3 aromatic carbocycles. The van der Waals surface area contributed by atoms with Crippen LogP contribution < -0.4 is 9.47 Å². The Morgan fingerprint density at radius 1 is 0.971 bits per heavy atom. The summed E-state index contributed by atoms with van der Waals surface area (Å²) >= 11 is 6.36. The number of benzene rings is 3. The molecule has 182 valence electrons. The summed E-state index contributed by atoms with van der Waals surface area (Å²) in [7, 11) is 0. The summed E-state index contributed by atoms with van der Waals surface area (Å²) in [6.45, 7) is 5.10.